The second-order valence-electron chi connectivity index (χ2n) is 8.10. The number of nitrogens with one attached hydrogen (secondary N) is 1. The highest BCUT2D eigenvalue weighted by Gasteiger charge is 2.23. The predicted molar refractivity (Wildman–Crippen MR) is 122 cm³/mol. The number of para-hydroxylation sites is 1. The third-order valence-electron chi connectivity index (χ3n) is 5.69. The Morgan fingerprint density at radius 1 is 1.13 bits per heavy atom. The van der Waals surface area contributed by atoms with Crippen molar-refractivity contribution in [2.24, 2.45) is 0 Å². The predicted octanol–water partition coefficient (Wildman–Crippen LogP) is 3.00. The molecule has 3 aromatic heterocycles. The number of aromatic nitrogens is 4. The molecule has 4 aromatic rings. The number of fused-ring (bicyclic) bond motifs is 2. The molecule has 5 rings (SSSR count). The van der Waals surface area contributed by atoms with Crippen LogP contribution in [0.15, 0.2) is 59.7 Å². The number of hydrogen-bond donors (Lipinski definition) is 1. The Morgan fingerprint density at radius 2 is 2.00 bits per heavy atom. The van der Waals surface area contributed by atoms with Gasteiger partial charge in [0.25, 0.3) is 5.56 Å². The van der Waals surface area contributed by atoms with Gasteiger partial charge in [-0.05, 0) is 30.7 Å². The molecule has 0 radical (unpaired) electrons. The van der Waals surface area contributed by atoms with Crippen molar-refractivity contribution in [2.45, 2.75) is 19.5 Å². The molecule has 156 valence electrons. The highest BCUT2D eigenvalue weighted by Crippen LogP contribution is 2.26. The monoisotopic (exact) mass is 412 g/mol. The first kappa shape index (κ1) is 19.4. The summed E-state index contributed by atoms with van der Waals surface area (Å²) in [4.78, 5) is 33.8. The van der Waals surface area contributed by atoms with E-state index in [1.807, 2.05) is 44.4 Å². The van der Waals surface area contributed by atoms with Crippen LogP contribution in [-0.4, -0.2) is 45.5 Å². The van der Waals surface area contributed by atoms with E-state index in [9.17, 15) is 4.79 Å². The molecule has 0 fully saturated rings. The van der Waals surface area contributed by atoms with E-state index in [2.05, 4.69) is 31.9 Å². The molecule has 0 saturated carbocycles. The molecular weight excluding hydrogens is 388 g/mol. The van der Waals surface area contributed by atoms with Crippen LogP contribution < -0.4 is 10.5 Å². The lowest BCUT2D eigenvalue weighted by Gasteiger charge is -2.29. The molecule has 0 atom stereocenters. The molecule has 0 aliphatic carbocycles. The molecule has 0 amide bonds. The van der Waals surface area contributed by atoms with E-state index in [0.29, 0.717) is 18.8 Å². The van der Waals surface area contributed by atoms with E-state index in [4.69, 9.17) is 9.97 Å². The second kappa shape index (κ2) is 7.92. The van der Waals surface area contributed by atoms with Gasteiger partial charge in [0, 0.05) is 68.2 Å². The topological polar surface area (TPSA) is 78.0 Å². The van der Waals surface area contributed by atoms with Crippen LogP contribution in [0.25, 0.3) is 22.3 Å². The minimum Gasteiger partial charge on any atom is -0.362 e. The maximum Gasteiger partial charge on any atom is 0.254 e. The van der Waals surface area contributed by atoms with Crippen molar-refractivity contribution in [3.05, 3.63) is 82.0 Å². The first-order valence-corrected chi connectivity index (χ1v) is 10.4. The van der Waals surface area contributed by atoms with Gasteiger partial charge in [-0.1, -0.05) is 18.2 Å². The second-order valence-corrected chi connectivity index (χ2v) is 8.10. The van der Waals surface area contributed by atoms with Gasteiger partial charge in [0.15, 0.2) is 0 Å². The van der Waals surface area contributed by atoms with Gasteiger partial charge in [-0.15, -0.1) is 0 Å². The lowest BCUT2D eigenvalue weighted by atomic mass is 10.0. The van der Waals surface area contributed by atoms with Crippen molar-refractivity contribution in [3.63, 3.8) is 0 Å². The third kappa shape index (κ3) is 3.80. The van der Waals surface area contributed by atoms with Crippen LogP contribution in [0, 0.1) is 0 Å². The van der Waals surface area contributed by atoms with E-state index in [1.54, 1.807) is 12.4 Å². The number of benzene rings is 1. The molecule has 0 unspecified atom stereocenters. The summed E-state index contributed by atoms with van der Waals surface area (Å²) in [7, 11) is 4.04. The van der Waals surface area contributed by atoms with Crippen molar-refractivity contribution in [3.8, 4) is 11.4 Å². The first-order valence-electron chi connectivity index (χ1n) is 10.4. The molecule has 7 heteroatoms. The zero-order valence-electron chi connectivity index (χ0n) is 17.7. The summed E-state index contributed by atoms with van der Waals surface area (Å²) >= 11 is 0. The zero-order valence-corrected chi connectivity index (χ0v) is 17.7. The Morgan fingerprint density at radius 3 is 2.81 bits per heavy atom. The van der Waals surface area contributed by atoms with Crippen molar-refractivity contribution in [1.82, 2.24) is 24.8 Å². The number of hydrogen-bond acceptors (Lipinski definition) is 6. The summed E-state index contributed by atoms with van der Waals surface area (Å²) in [6, 6.07) is 14.2. The van der Waals surface area contributed by atoms with Gasteiger partial charge in [0.05, 0.1) is 11.2 Å². The number of nitrogens with zero attached hydrogens (tertiary/aromatic N) is 5. The average Bonchev–Trinajstić information content (AvgIpc) is 2.79. The van der Waals surface area contributed by atoms with Gasteiger partial charge in [-0.25, -0.2) is 9.97 Å². The summed E-state index contributed by atoms with van der Waals surface area (Å²) in [5.74, 6) is 1.54. The quantitative estimate of drug-likeness (QED) is 0.555. The van der Waals surface area contributed by atoms with E-state index in [0.717, 1.165) is 46.6 Å². The fourth-order valence-corrected chi connectivity index (χ4v) is 4.16. The van der Waals surface area contributed by atoms with Crippen LogP contribution in [-0.2, 0) is 19.5 Å². The maximum atomic E-state index is 12.7. The van der Waals surface area contributed by atoms with Crippen LogP contribution >= 0.6 is 0 Å². The third-order valence-corrected chi connectivity index (χ3v) is 5.69. The minimum atomic E-state index is -0.0511. The molecule has 0 saturated heterocycles. The lowest BCUT2D eigenvalue weighted by molar-refractivity contribution is 0.240. The van der Waals surface area contributed by atoms with Crippen molar-refractivity contribution in [1.29, 1.82) is 0 Å². The number of pyridine rings is 2. The first-order chi connectivity index (χ1) is 15.1. The molecule has 7 nitrogen and oxygen atoms in total. The van der Waals surface area contributed by atoms with Crippen molar-refractivity contribution >= 4 is 16.7 Å². The average molecular weight is 412 g/mol. The molecule has 31 heavy (non-hydrogen) atoms. The van der Waals surface area contributed by atoms with Crippen LogP contribution in [0.1, 0.15) is 16.8 Å². The molecule has 4 heterocycles. The summed E-state index contributed by atoms with van der Waals surface area (Å²) in [5.41, 5.74) is 4.55. The van der Waals surface area contributed by atoms with Crippen molar-refractivity contribution < 1.29 is 0 Å². The largest absolute Gasteiger partial charge is 0.362 e. The van der Waals surface area contributed by atoms with Crippen LogP contribution in [0.4, 0.5) is 5.82 Å². The number of H-pyrrole nitrogens is 1. The molecule has 0 spiro atoms. The highest BCUT2D eigenvalue weighted by molar-refractivity contribution is 5.81. The molecule has 1 N–H and O–H groups in total. The Labute approximate surface area is 180 Å². The molecule has 0 bridgehead atoms. The fraction of sp³-hybridized carbons (Fsp3) is 0.250. The summed E-state index contributed by atoms with van der Waals surface area (Å²) in [6.07, 6.45) is 4.11. The van der Waals surface area contributed by atoms with Crippen molar-refractivity contribution in [2.75, 3.05) is 25.5 Å². The minimum absolute atomic E-state index is 0.0511. The SMILES string of the molecule is CN(C)c1nc2ccccc2cc1CN1CCc2c(nc(-c3cccnc3)[nH]c2=O)C1. The smallest absolute Gasteiger partial charge is 0.254 e. The number of rotatable bonds is 4. The normalized spacial score (nSPS) is 13.9. The number of aromatic amines is 1. The summed E-state index contributed by atoms with van der Waals surface area (Å²) < 4.78 is 0. The molecule has 1 aliphatic heterocycles. The van der Waals surface area contributed by atoms with Crippen LogP contribution in [0.5, 0.6) is 0 Å². The molecule has 1 aromatic carbocycles. The van der Waals surface area contributed by atoms with Crippen LogP contribution in [0.3, 0.4) is 0 Å². The van der Waals surface area contributed by atoms with Gasteiger partial charge in [0.1, 0.15) is 11.6 Å². The Hall–Kier alpha value is -3.58. The van der Waals surface area contributed by atoms with Crippen LogP contribution in [0.2, 0.25) is 0 Å². The van der Waals surface area contributed by atoms with Gasteiger partial charge in [-0.2, -0.15) is 0 Å². The molecular formula is C24H24N6O. The van der Waals surface area contributed by atoms with Gasteiger partial charge >= 0.3 is 0 Å². The van der Waals surface area contributed by atoms with E-state index < -0.39 is 0 Å². The maximum absolute atomic E-state index is 12.7. The van der Waals surface area contributed by atoms with E-state index in [-0.39, 0.29) is 5.56 Å². The highest BCUT2D eigenvalue weighted by atomic mass is 16.1. The number of anilines is 1. The summed E-state index contributed by atoms with van der Waals surface area (Å²) in [6.45, 7) is 2.19. The standard InChI is InChI=1S/C24H24N6O/c1-29(2)23-18(12-16-6-3-4-8-20(16)27-23)14-30-11-9-19-21(15-30)26-22(28-24(19)31)17-7-5-10-25-13-17/h3-8,10,12-13H,9,11,14-15H2,1-2H3,(H,26,28,31). The van der Waals surface area contributed by atoms with Gasteiger partial charge in [0.2, 0.25) is 0 Å². The Bertz CT molecular complexity index is 1300. The lowest BCUT2D eigenvalue weighted by Crippen LogP contribution is -2.35. The van der Waals surface area contributed by atoms with Gasteiger partial charge < -0.3 is 9.88 Å². The summed E-state index contributed by atoms with van der Waals surface area (Å²) in [5, 5.41) is 1.13. The van der Waals surface area contributed by atoms with E-state index in [1.165, 1.54) is 5.56 Å². The Balaban J connectivity index is 1.47. The Kier molecular flexibility index (Phi) is 4.95. The zero-order chi connectivity index (χ0) is 21.4. The fourth-order valence-electron chi connectivity index (χ4n) is 4.16. The molecule has 1 aliphatic rings. The van der Waals surface area contributed by atoms with E-state index >= 15 is 0 Å². The van der Waals surface area contributed by atoms with Gasteiger partial charge in [-0.3, -0.25) is 14.7 Å².